The lowest BCUT2D eigenvalue weighted by atomic mass is 10.2. The van der Waals surface area contributed by atoms with Crippen molar-refractivity contribution < 1.29 is 0 Å². The second-order valence-corrected chi connectivity index (χ2v) is 2.75. The van der Waals surface area contributed by atoms with Gasteiger partial charge in [-0.15, -0.1) is 0 Å². The molecule has 0 saturated carbocycles. The Balaban J connectivity index is 2.97. The van der Waals surface area contributed by atoms with Crippen LogP contribution < -0.4 is 5.32 Å². The van der Waals surface area contributed by atoms with Crippen LogP contribution in [0.1, 0.15) is 6.92 Å². The molecule has 0 aromatic heterocycles. The molecule has 0 radical (unpaired) electrons. The lowest BCUT2D eigenvalue weighted by Crippen LogP contribution is -2.07. The molecule has 0 spiro atoms. The number of nitrogens with one attached hydrogen (secondary N) is 1. The Kier molecular flexibility index (Phi) is 1.76. The summed E-state index contributed by atoms with van der Waals surface area (Å²) in [6.45, 7) is 5.81. The van der Waals surface area contributed by atoms with Gasteiger partial charge in [-0.25, -0.2) is 0 Å². The minimum absolute atomic E-state index is 0.926. The van der Waals surface area contributed by atoms with E-state index in [0.717, 1.165) is 10.2 Å². The molecule has 1 nitrogen and oxygen atoms in total. The Morgan fingerprint density at radius 1 is 1.67 bits per heavy atom. The maximum Gasteiger partial charge on any atom is 0.0453 e. The van der Waals surface area contributed by atoms with Gasteiger partial charge in [-0.05, 0) is 34.5 Å². The summed E-state index contributed by atoms with van der Waals surface area (Å²) in [6, 6.07) is 0. The predicted octanol–water partition coefficient (Wildman–Crippen LogP) is 2.29. The van der Waals surface area contributed by atoms with Crippen LogP contribution in [0.4, 0.5) is 0 Å². The van der Waals surface area contributed by atoms with Crippen LogP contribution in [0.5, 0.6) is 0 Å². The summed E-state index contributed by atoms with van der Waals surface area (Å²) in [5.41, 5.74) is 2.13. The van der Waals surface area contributed by atoms with Crippen molar-refractivity contribution in [3.63, 3.8) is 0 Å². The second-order valence-electron chi connectivity index (χ2n) is 1.95. The van der Waals surface area contributed by atoms with Gasteiger partial charge in [0.1, 0.15) is 0 Å². The molecular weight excluding hydrogens is 178 g/mol. The SMILES string of the molecule is C=C1NC=CC(C)=C1Br. The molecule has 0 fully saturated rings. The molecule has 0 saturated heterocycles. The van der Waals surface area contributed by atoms with E-state index in [1.807, 2.05) is 19.2 Å². The Bertz CT molecular complexity index is 201. The summed E-state index contributed by atoms with van der Waals surface area (Å²) in [4.78, 5) is 0. The Labute approximate surface area is 63.3 Å². The highest BCUT2D eigenvalue weighted by Gasteiger charge is 2.02. The Morgan fingerprint density at radius 3 is 2.78 bits per heavy atom. The number of halogens is 1. The third kappa shape index (κ3) is 1.24. The molecule has 0 amide bonds. The molecule has 0 aliphatic carbocycles. The highest BCUT2D eigenvalue weighted by molar-refractivity contribution is 9.12. The molecular formula is C7H8BrN. The van der Waals surface area contributed by atoms with Crippen molar-refractivity contribution >= 4 is 15.9 Å². The summed E-state index contributed by atoms with van der Waals surface area (Å²) >= 11 is 3.39. The van der Waals surface area contributed by atoms with Gasteiger partial charge in [-0.1, -0.05) is 6.58 Å². The van der Waals surface area contributed by atoms with E-state index >= 15 is 0 Å². The topological polar surface area (TPSA) is 12.0 Å². The zero-order valence-corrected chi connectivity index (χ0v) is 6.83. The third-order valence-electron chi connectivity index (χ3n) is 1.20. The molecule has 0 atom stereocenters. The highest BCUT2D eigenvalue weighted by Crippen LogP contribution is 2.21. The van der Waals surface area contributed by atoms with Crippen LogP contribution in [-0.2, 0) is 0 Å². The smallest absolute Gasteiger partial charge is 0.0453 e. The van der Waals surface area contributed by atoms with Crippen molar-refractivity contribution in [3.8, 4) is 0 Å². The first-order chi connectivity index (χ1) is 4.22. The van der Waals surface area contributed by atoms with Crippen LogP contribution in [0.25, 0.3) is 0 Å². The van der Waals surface area contributed by atoms with Gasteiger partial charge in [0.2, 0.25) is 0 Å². The fourth-order valence-electron chi connectivity index (χ4n) is 0.642. The van der Waals surface area contributed by atoms with Crippen molar-refractivity contribution in [2.24, 2.45) is 0 Å². The van der Waals surface area contributed by atoms with Gasteiger partial charge in [0.25, 0.3) is 0 Å². The minimum atomic E-state index is 0.926. The molecule has 1 heterocycles. The van der Waals surface area contributed by atoms with E-state index < -0.39 is 0 Å². The van der Waals surface area contributed by atoms with Crippen LogP contribution in [-0.4, -0.2) is 0 Å². The van der Waals surface area contributed by atoms with E-state index in [0.29, 0.717) is 0 Å². The molecule has 1 aliphatic heterocycles. The molecule has 0 aromatic carbocycles. The third-order valence-corrected chi connectivity index (χ3v) is 2.31. The lowest BCUT2D eigenvalue weighted by molar-refractivity contribution is 1.08. The summed E-state index contributed by atoms with van der Waals surface area (Å²) < 4.78 is 1.06. The average Bonchev–Trinajstić information content (AvgIpc) is 1.83. The Morgan fingerprint density at radius 2 is 2.33 bits per heavy atom. The van der Waals surface area contributed by atoms with Crippen molar-refractivity contribution in [2.75, 3.05) is 0 Å². The van der Waals surface area contributed by atoms with Crippen molar-refractivity contribution in [1.82, 2.24) is 5.32 Å². The molecule has 0 bridgehead atoms. The summed E-state index contributed by atoms with van der Waals surface area (Å²) in [5, 5.41) is 2.98. The van der Waals surface area contributed by atoms with Gasteiger partial charge in [0, 0.05) is 16.4 Å². The van der Waals surface area contributed by atoms with Crippen molar-refractivity contribution in [3.05, 3.63) is 34.6 Å². The lowest BCUT2D eigenvalue weighted by Gasteiger charge is -2.10. The zero-order chi connectivity index (χ0) is 6.85. The fraction of sp³-hybridized carbons (Fsp3) is 0.143. The number of allylic oxidation sites excluding steroid dienone is 3. The normalized spacial score (nSPS) is 18.2. The predicted molar refractivity (Wildman–Crippen MR) is 43.0 cm³/mol. The second kappa shape index (κ2) is 2.40. The molecule has 1 aliphatic rings. The van der Waals surface area contributed by atoms with Crippen LogP contribution in [0.15, 0.2) is 34.6 Å². The van der Waals surface area contributed by atoms with Crippen molar-refractivity contribution in [2.45, 2.75) is 6.92 Å². The molecule has 2 heteroatoms. The van der Waals surface area contributed by atoms with Gasteiger partial charge < -0.3 is 5.32 Å². The van der Waals surface area contributed by atoms with E-state index in [-0.39, 0.29) is 0 Å². The van der Waals surface area contributed by atoms with Crippen LogP contribution in [0.3, 0.4) is 0 Å². The van der Waals surface area contributed by atoms with Gasteiger partial charge in [0.05, 0.1) is 0 Å². The van der Waals surface area contributed by atoms with Crippen molar-refractivity contribution in [1.29, 1.82) is 0 Å². The summed E-state index contributed by atoms with van der Waals surface area (Å²) in [6.07, 6.45) is 3.88. The van der Waals surface area contributed by atoms with Gasteiger partial charge >= 0.3 is 0 Å². The van der Waals surface area contributed by atoms with Crippen LogP contribution in [0.2, 0.25) is 0 Å². The van der Waals surface area contributed by atoms with E-state index in [1.54, 1.807) is 0 Å². The van der Waals surface area contributed by atoms with Gasteiger partial charge in [0.15, 0.2) is 0 Å². The van der Waals surface area contributed by atoms with E-state index in [9.17, 15) is 0 Å². The van der Waals surface area contributed by atoms with Crippen LogP contribution in [0, 0.1) is 0 Å². The first-order valence-corrected chi connectivity index (χ1v) is 3.50. The number of hydrogen-bond acceptors (Lipinski definition) is 1. The molecule has 0 unspecified atom stereocenters. The zero-order valence-electron chi connectivity index (χ0n) is 5.24. The summed E-state index contributed by atoms with van der Waals surface area (Å²) in [5.74, 6) is 0. The average molecular weight is 186 g/mol. The number of hydrogen-bond donors (Lipinski definition) is 1. The molecule has 1 rings (SSSR count). The minimum Gasteiger partial charge on any atom is -0.361 e. The first kappa shape index (κ1) is 6.62. The molecule has 9 heavy (non-hydrogen) atoms. The van der Waals surface area contributed by atoms with Gasteiger partial charge in [-0.2, -0.15) is 0 Å². The molecule has 0 aromatic rings. The summed E-state index contributed by atoms with van der Waals surface area (Å²) in [7, 11) is 0. The fourth-order valence-corrected chi connectivity index (χ4v) is 0.888. The van der Waals surface area contributed by atoms with Crippen LogP contribution >= 0.6 is 15.9 Å². The standard InChI is InChI=1S/C7H8BrN/c1-5-3-4-9-6(2)7(5)8/h3-4,9H,2H2,1H3. The maximum atomic E-state index is 3.78. The quantitative estimate of drug-likeness (QED) is 0.611. The van der Waals surface area contributed by atoms with Gasteiger partial charge in [-0.3, -0.25) is 0 Å². The maximum absolute atomic E-state index is 3.78. The molecule has 1 N–H and O–H groups in total. The number of rotatable bonds is 0. The monoisotopic (exact) mass is 185 g/mol. The molecule has 48 valence electrons. The van der Waals surface area contributed by atoms with E-state index in [4.69, 9.17) is 0 Å². The first-order valence-electron chi connectivity index (χ1n) is 2.70. The largest absolute Gasteiger partial charge is 0.361 e. The van der Waals surface area contributed by atoms with E-state index in [1.165, 1.54) is 5.57 Å². The Hall–Kier alpha value is -0.500. The van der Waals surface area contributed by atoms with E-state index in [2.05, 4.69) is 27.8 Å². The number of dihydropyridines is 1. The highest BCUT2D eigenvalue weighted by atomic mass is 79.9.